The lowest BCUT2D eigenvalue weighted by Crippen LogP contribution is -2.33. The predicted octanol–water partition coefficient (Wildman–Crippen LogP) is 2.67. The van der Waals surface area contributed by atoms with Gasteiger partial charge in [-0.25, -0.2) is 13.1 Å². The van der Waals surface area contributed by atoms with E-state index in [4.69, 9.17) is 0 Å². The van der Waals surface area contributed by atoms with Crippen molar-refractivity contribution in [1.82, 2.24) is 14.6 Å². The van der Waals surface area contributed by atoms with Crippen molar-refractivity contribution in [2.45, 2.75) is 25.1 Å². The number of sulfonamides is 1. The Bertz CT molecular complexity index is 1210. The number of hydrogen-bond acceptors (Lipinski definition) is 4. The molecule has 0 bridgehead atoms. The quantitative estimate of drug-likeness (QED) is 0.608. The number of rotatable bonds is 7. The number of carbonyl (C=O) groups excluding carboxylic acids is 2. The molecule has 2 N–H and O–H groups in total. The van der Waals surface area contributed by atoms with Crippen molar-refractivity contribution in [3.63, 3.8) is 0 Å². The smallest absolute Gasteiger partial charge is 0.281 e. The maximum absolute atomic E-state index is 12.9. The summed E-state index contributed by atoms with van der Waals surface area (Å²) >= 11 is 0. The second kappa shape index (κ2) is 7.95. The van der Waals surface area contributed by atoms with Gasteiger partial charge < -0.3 is 9.88 Å². The van der Waals surface area contributed by atoms with Crippen LogP contribution in [0.1, 0.15) is 39.3 Å². The first-order valence-electron chi connectivity index (χ1n) is 9.80. The molecule has 1 fully saturated rings. The Morgan fingerprint density at radius 3 is 2.40 bits per heavy atom. The lowest BCUT2D eigenvalue weighted by atomic mass is 10.1. The average Bonchev–Trinajstić information content (AvgIpc) is 3.47. The van der Waals surface area contributed by atoms with Gasteiger partial charge in [0.15, 0.2) is 0 Å². The molecule has 0 spiro atoms. The van der Waals surface area contributed by atoms with Crippen LogP contribution >= 0.6 is 0 Å². The van der Waals surface area contributed by atoms with Crippen LogP contribution in [0.3, 0.4) is 0 Å². The summed E-state index contributed by atoms with van der Waals surface area (Å²) in [6.45, 7) is 0.706. The summed E-state index contributed by atoms with van der Waals surface area (Å²) < 4.78 is 29.3. The molecule has 1 aliphatic carbocycles. The van der Waals surface area contributed by atoms with E-state index < -0.39 is 15.9 Å². The van der Waals surface area contributed by atoms with Crippen LogP contribution < -0.4 is 10.0 Å². The fourth-order valence-electron chi connectivity index (χ4n) is 3.50. The molecule has 156 valence electrons. The molecule has 8 heteroatoms. The fraction of sp³-hybridized carbons (Fsp3) is 0.273. The molecule has 2 aromatic carbocycles. The molecule has 0 aliphatic heterocycles. The van der Waals surface area contributed by atoms with E-state index in [0.717, 1.165) is 23.7 Å². The number of nitrogens with zero attached hydrogens (tertiary/aromatic N) is 1. The SMILES string of the molecule is CNC(=O)c1ccc(CS(=O)(=O)NC(=O)c2cc3ccccc3n2CC2CC2)cc1. The number of benzene rings is 2. The van der Waals surface area contributed by atoms with Gasteiger partial charge in [0.1, 0.15) is 5.69 Å². The third-order valence-electron chi connectivity index (χ3n) is 5.23. The normalized spacial score (nSPS) is 13.9. The highest BCUT2D eigenvalue weighted by molar-refractivity contribution is 7.89. The lowest BCUT2D eigenvalue weighted by molar-refractivity contribution is 0.0958. The van der Waals surface area contributed by atoms with E-state index in [1.807, 2.05) is 28.8 Å². The molecule has 0 atom stereocenters. The van der Waals surface area contributed by atoms with Crippen molar-refractivity contribution in [3.05, 3.63) is 71.4 Å². The van der Waals surface area contributed by atoms with Gasteiger partial charge in [-0.05, 0) is 48.6 Å². The molecular formula is C22H23N3O4S. The molecule has 7 nitrogen and oxygen atoms in total. The Balaban J connectivity index is 1.53. The van der Waals surface area contributed by atoms with E-state index in [1.165, 1.54) is 7.05 Å². The molecule has 3 aromatic rings. The van der Waals surface area contributed by atoms with Crippen LogP contribution in [0.4, 0.5) is 0 Å². The Morgan fingerprint density at radius 2 is 1.73 bits per heavy atom. The minimum absolute atomic E-state index is 0.249. The molecule has 1 aliphatic rings. The van der Waals surface area contributed by atoms with Crippen LogP contribution in [0, 0.1) is 5.92 Å². The molecule has 0 unspecified atom stereocenters. The molecule has 1 saturated carbocycles. The van der Waals surface area contributed by atoms with Crippen molar-refractivity contribution in [2.75, 3.05) is 7.05 Å². The number of para-hydroxylation sites is 1. The molecule has 1 heterocycles. The van der Waals surface area contributed by atoms with E-state index in [2.05, 4.69) is 10.0 Å². The number of nitrogens with one attached hydrogen (secondary N) is 2. The second-order valence-electron chi connectivity index (χ2n) is 7.61. The summed E-state index contributed by atoms with van der Waals surface area (Å²) in [5.41, 5.74) is 2.20. The predicted molar refractivity (Wildman–Crippen MR) is 115 cm³/mol. The average molecular weight is 426 g/mol. The number of fused-ring (bicyclic) bond motifs is 1. The van der Waals surface area contributed by atoms with Gasteiger partial charge in [0.05, 0.1) is 5.75 Å². The number of hydrogen-bond donors (Lipinski definition) is 2. The number of aromatic nitrogens is 1. The van der Waals surface area contributed by atoms with Gasteiger partial charge in [-0.1, -0.05) is 30.3 Å². The maximum Gasteiger partial charge on any atom is 0.281 e. The summed E-state index contributed by atoms with van der Waals surface area (Å²) in [5, 5.41) is 3.42. The Labute approximate surface area is 175 Å². The molecule has 2 amide bonds. The summed E-state index contributed by atoms with van der Waals surface area (Å²) in [6.07, 6.45) is 2.25. The number of carbonyl (C=O) groups is 2. The summed E-state index contributed by atoms with van der Waals surface area (Å²) in [5.74, 6) is -0.701. The lowest BCUT2D eigenvalue weighted by Gasteiger charge is -2.11. The van der Waals surface area contributed by atoms with Gasteiger partial charge in [-0.15, -0.1) is 0 Å². The zero-order valence-electron chi connectivity index (χ0n) is 16.6. The third-order valence-corrected chi connectivity index (χ3v) is 6.44. The van der Waals surface area contributed by atoms with Crippen LogP contribution in [0.25, 0.3) is 10.9 Å². The Kier molecular flexibility index (Phi) is 5.34. The molecule has 1 aromatic heterocycles. The van der Waals surface area contributed by atoms with Gasteiger partial charge >= 0.3 is 0 Å². The van der Waals surface area contributed by atoms with E-state index in [9.17, 15) is 18.0 Å². The highest BCUT2D eigenvalue weighted by atomic mass is 32.2. The van der Waals surface area contributed by atoms with Crippen molar-refractivity contribution < 1.29 is 18.0 Å². The molecule has 0 saturated heterocycles. The van der Waals surface area contributed by atoms with E-state index in [-0.39, 0.29) is 11.7 Å². The van der Waals surface area contributed by atoms with Crippen LogP contribution in [0.5, 0.6) is 0 Å². The van der Waals surface area contributed by atoms with E-state index in [1.54, 1.807) is 30.3 Å². The van der Waals surface area contributed by atoms with Crippen molar-refractivity contribution in [3.8, 4) is 0 Å². The standard InChI is InChI=1S/C22H23N3O4S/c1-23-21(26)17-10-8-16(9-11-17)14-30(28,29)24-22(27)20-12-18-4-2-3-5-19(18)25(20)13-15-6-7-15/h2-5,8-12,15H,6-7,13-14H2,1H3,(H,23,26)(H,24,27). The van der Waals surface area contributed by atoms with Gasteiger partial charge in [-0.3, -0.25) is 9.59 Å². The summed E-state index contributed by atoms with van der Waals surface area (Å²) in [7, 11) is -2.37. The van der Waals surface area contributed by atoms with Crippen LogP contribution in [0.2, 0.25) is 0 Å². The first-order chi connectivity index (χ1) is 14.4. The zero-order valence-corrected chi connectivity index (χ0v) is 17.4. The van der Waals surface area contributed by atoms with Crippen molar-refractivity contribution in [1.29, 1.82) is 0 Å². The van der Waals surface area contributed by atoms with Crippen LogP contribution in [-0.4, -0.2) is 31.8 Å². The first-order valence-corrected chi connectivity index (χ1v) is 11.5. The van der Waals surface area contributed by atoms with Crippen LogP contribution in [0.15, 0.2) is 54.6 Å². The Hall–Kier alpha value is -3.13. The van der Waals surface area contributed by atoms with Gasteiger partial charge in [0.2, 0.25) is 10.0 Å². The van der Waals surface area contributed by atoms with E-state index in [0.29, 0.717) is 29.3 Å². The highest BCUT2D eigenvalue weighted by Gasteiger charge is 2.26. The largest absolute Gasteiger partial charge is 0.355 e. The van der Waals surface area contributed by atoms with Gasteiger partial charge in [0.25, 0.3) is 11.8 Å². The summed E-state index contributed by atoms with van der Waals surface area (Å²) in [4.78, 5) is 24.5. The van der Waals surface area contributed by atoms with Gasteiger partial charge in [0, 0.05) is 30.1 Å². The topological polar surface area (TPSA) is 97.3 Å². The molecular weight excluding hydrogens is 402 g/mol. The zero-order chi connectivity index (χ0) is 21.3. The number of amides is 2. The summed E-state index contributed by atoms with van der Waals surface area (Å²) in [6, 6.07) is 15.6. The Morgan fingerprint density at radius 1 is 1.03 bits per heavy atom. The fourth-order valence-corrected chi connectivity index (χ4v) is 4.59. The maximum atomic E-state index is 12.9. The van der Waals surface area contributed by atoms with Crippen molar-refractivity contribution in [2.24, 2.45) is 5.92 Å². The minimum atomic E-state index is -3.90. The minimum Gasteiger partial charge on any atom is -0.355 e. The van der Waals surface area contributed by atoms with E-state index >= 15 is 0 Å². The second-order valence-corrected chi connectivity index (χ2v) is 9.33. The monoisotopic (exact) mass is 425 g/mol. The first kappa shape index (κ1) is 20.2. The highest BCUT2D eigenvalue weighted by Crippen LogP contribution is 2.33. The van der Waals surface area contributed by atoms with Crippen molar-refractivity contribution >= 4 is 32.7 Å². The third kappa shape index (κ3) is 4.38. The molecule has 30 heavy (non-hydrogen) atoms. The van der Waals surface area contributed by atoms with Gasteiger partial charge in [-0.2, -0.15) is 0 Å². The molecule has 0 radical (unpaired) electrons. The van der Waals surface area contributed by atoms with Crippen LogP contribution in [-0.2, 0) is 22.3 Å². The molecule has 4 rings (SSSR count).